The molecule has 6 amide bonds. The summed E-state index contributed by atoms with van der Waals surface area (Å²) in [5.74, 6) is -7.73. The Balaban J connectivity index is 1.82. The number of rotatable bonds is 7. The van der Waals surface area contributed by atoms with Crippen LogP contribution in [0.25, 0.3) is 0 Å². The minimum absolute atomic E-state index is 0.0379. The number of phenolic OH excluding ortho intramolecular Hbond substituents is 1. The minimum Gasteiger partial charge on any atom is -0.508 e. The van der Waals surface area contributed by atoms with Crippen LogP contribution >= 0.6 is 0 Å². The number of phenols is 1. The summed E-state index contributed by atoms with van der Waals surface area (Å²) in [5.41, 5.74) is 6.04. The predicted molar refractivity (Wildman–Crippen MR) is 197 cm³/mol. The second kappa shape index (κ2) is 19.5. The van der Waals surface area contributed by atoms with Gasteiger partial charge in [0.05, 0.1) is 30.5 Å². The molecule has 4 rings (SSSR count). The Morgan fingerprint density at radius 3 is 1.88 bits per heavy atom. The van der Waals surface area contributed by atoms with Crippen LogP contribution in [-0.4, -0.2) is 185 Å². The van der Waals surface area contributed by atoms with Gasteiger partial charge in [0.25, 0.3) is 0 Å². The van der Waals surface area contributed by atoms with Crippen molar-refractivity contribution in [1.82, 2.24) is 31.1 Å². The Labute approximate surface area is 333 Å². The number of nitrogens with one attached hydrogen (secondary N) is 4. The van der Waals surface area contributed by atoms with Crippen LogP contribution in [0.1, 0.15) is 52.2 Å². The van der Waals surface area contributed by atoms with Gasteiger partial charge in [-0.3, -0.25) is 28.8 Å². The van der Waals surface area contributed by atoms with Gasteiger partial charge in [-0.05, 0) is 38.5 Å². The second-order valence-corrected chi connectivity index (χ2v) is 15.1. The SMILES string of the molecule is CCO[C@H]1NC(=O)[C@@H]2[C@@H](O)[C@@H](C)CN2C(=O)[C@H]([C@@H](C)O)NC(=O)[C@H]([C@H](O)[C@@H](O)c2ccc(O)cc2)NC(=O)[C@@H]2C[C@@H](O)CN2C(=O)[C@H]([C@@H](C)O)NC(=O)[C@@H](N)C[C@H]1O. The number of aliphatic hydroxyl groups is 7. The van der Waals surface area contributed by atoms with Crippen LogP contribution in [-0.2, 0) is 33.5 Å². The van der Waals surface area contributed by atoms with Crippen molar-refractivity contribution >= 4 is 35.4 Å². The molecular formula is C36H55N7O15. The van der Waals surface area contributed by atoms with E-state index in [9.17, 15) is 69.6 Å². The first-order chi connectivity index (χ1) is 27.2. The molecule has 0 spiro atoms. The molecular weight excluding hydrogens is 770 g/mol. The molecule has 0 saturated carbocycles. The first-order valence-electron chi connectivity index (χ1n) is 18.9. The molecule has 3 aliphatic rings. The average Bonchev–Trinajstić information content (AvgIpc) is 3.71. The van der Waals surface area contributed by atoms with Crippen LogP contribution in [0.3, 0.4) is 0 Å². The summed E-state index contributed by atoms with van der Waals surface area (Å²) >= 11 is 0. The zero-order chi connectivity index (χ0) is 43.3. The standard InChI is InChI=1S/C36H55N7O15/c1-5-58-34-22(48)11-20(37)30(52)38-23(15(3)44)35(56)42-13-19(47)10-21(42)31(53)40-25(29(51)28(50)17-6-8-18(46)9-7-17)32(54)39-24(16(4)45)36(57)43-12-14(2)27(49)26(43)33(55)41-34/h6-9,14-16,19-29,34,44-51H,5,10-13,37H2,1-4H3,(H,38,52)(H,39,54)(H,40,53)(H,41,55)/t14-,15+,16+,19+,20-,21-,22+,23-,24-,25-,26-,27-,28-,29-,34+/m0/s1. The van der Waals surface area contributed by atoms with E-state index in [2.05, 4.69) is 21.3 Å². The van der Waals surface area contributed by atoms with E-state index in [4.69, 9.17) is 10.5 Å². The van der Waals surface area contributed by atoms with Crippen molar-refractivity contribution in [2.45, 2.75) is 126 Å². The highest BCUT2D eigenvalue weighted by Crippen LogP contribution is 2.27. The molecule has 0 aliphatic carbocycles. The maximum atomic E-state index is 14.2. The van der Waals surface area contributed by atoms with Gasteiger partial charge in [-0.25, -0.2) is 0 Å². The zero-order valence-corrected chi connectivity index (χ0v) is 32.4. The number of hydrogen-bond donors (Lipinski definition) is 13. The van der Waals surface area contributed by atoms with Gasteiger partial charge < -0.3 is 82.4 Å². The molecule has 14 N–H and O–H groups in total. The molecule has 22 heteroatoms. The van der Waals surface area contributed by atoms with E-state index in [1.165, 1.54) is 38.1 Å². The third-order valence-electron chi connectivity index (χ3n) is 10.5. The molecule has 324 valence electrons. The Morgan fingerprint density at radius 1 is 0.759 bits per heavy atom. The number of carbonyl (C=O) groups is 6. The van der Waals surface area contributed by atoms with E-state index in [0.29, 0.717) is 0 Å². The third kappa shape index (κ3) is 10.4. The van der Waals surface area contributed by atoms with Crippen molar-refractivity contribution < 1.29 is 74.4 Å². The first-order valence-corrected chi connectivity index (χ1v) is 18.9. The summed E-state index contributed by atoms with van der Waals surface area (Å²) in [6.45, 7) is 4.46. The van der Waals surface area contributed by atoms with Crippen LogP contribution in [0.5, 0.6) is 5.75 Å². The lowest BCUT2D eigenvalue weighted by atomic mass is 9.96. The number of aromatic hydroxyl groups is 1. The van der Waals surface area contributed by atoms with Gasteiger partial charge in [0.15, 0.2) is 6.23 Å². The third-order valence-corrected chi connectivity index (χ3v) is 10.5. The number of nitrogens with two attached hydrogens (primary N) is 1. The molecule has 3 heterocycles. The number of benzene rings is 1. The van der Waals surface area contributed by atoms with E-state index in [1.54, 1.807) is 0 Å². The van der Waals surface area contributed by atoms with E-state index < -0.39 is 146 Å². The van der Waals surface area contributed by atoms with Gasteiger partial charge in [-0.2, -0.15) is 0 Å². The molecule has 0 radical (unpaired) electrons. The number of ether oxygens (including phenoxy) is 1. The lowest BCUT2D eigenvalue weighted by molar-refractivity contribution is -0.149. The number of nitrogens with zero attached hydrogens (tertiary/aromatic N) is 2. The molecule has 3 fully saturated rings. The van der Waals surface area contributed by atoms with Gasteiger partial charge in [0.2, 0.25) is 35.4 Å². The van der Waals surface area contributed by atoms with Gasteiger partial charge in [0.1, 0.15) is 54.3 Å². The van der Waals surface area contributed by atoms with Crippen LogP contribution in [0.2, 0.25) is 0 Å². The van der Waals surface area contributed by atoms with Gasteiger partial charge >= 0.3 is 0 Å². The van der Waals surface area contributed by atoms with Gasteiger partial charge in [-0.1, -0.05) is 19.1 Å². The molecule has 3 saturated heterocycles. The number of hydrogen-bond acceptors (Lipinski definition) is 16. The van der Waals surface area contributed by atoms with E-state index >= 15 is 0 Å². The predicted octanol–water partition coefficient (Wildman–Crippen LogP) is -6.26. The summed E-state index contributed by atoms with van der Waals surface area (Å²) in [4.78, 5) is 84.9. The molecule has 22 nitrogen and oxygen atoms in total. The maximum absolute atomic E-state index is 14.2. The Bertz CT molecular complexity index is 1650. The van der Waals surface area contributed by atoms with Gasteiger partial charge in [-0.15, -0.1) is 0 Å². The molecule has 3 aliphatic heterocycles. The summed E-state index contributed by atoms with van der Waals surface area (Å²) in [6, 6.07) is -5.97. The highest BCUT2D eigenvalue weighted by atomic mass is 16.5. The van der Waals surface area contributed by atoms with Crippen molar-refractivity contribution in [2.24, 2.45) is 11.7 Å². The van der Waals surface area contributed by atoms with Crippen LogP contribution in [0, 0.1) is 5.92 Å². The van der Waals surface area contributed by atoms with Crippen molar-refractivity contribution in [3.8, 4) is 5.75 Å². The fourth-order valence-corrected chi connectivity index (χ4v) is 7.25. The van der Waals surface area contributed by atoms with Crippen LogP contribution in [0.15, 0.2) is 24.3 Å². The quantitative estimate of drug-likeness (QED) is 0.122. The number of fused-ring (bicyclic) bond motifs is 2. The highest BCUT2D eigenvalue weighted by molar-refractivity contribution is 5.98. The molecule has 1 aromatic carbocycles. The highest BCUT2D eigenvalue weighted by Gasteiger charge is 2.50. The summed E-state index contributed by atoms with van der Waals surface area (Å²) in [5, 5.41) is 95.8. The van der Waals surface area contributed by atoms with Crippen molar-refractivity contribution in [3.05, 3.63) is 29.8 Å². The van der Waals surface area contributed by atoms with Crippen molar-refractivity contribution in [1.29, 1.82) is 0 Å². The second-order valence-electron chi connectivity index (χ2n) is 15.1. The summed E-state index contributed by atoms with van der Waals surface area (Å²) < 4.78 is 5.51. The zero-order valence-electron chi connectivity index (χ0n) is 32.4. The molecule has 58 heavy (non-hydrogen) atoms. The first kappa shape index (κ1) is 46.2. The molecule has 1 aromatic rings. The normalized spacial score (nSPS) is 34.4. The topological polar surface area (TPSA) is 354 Å². The Hall–Kier alpha value is -4.52. The van der Waals surface area contributed by atoms with Crippen LogP contribution in [0.4, 0.5) is 0 Å². The number of carbonyl (C=O) groups excluding carboxylic acids is 6. The van der Waals surface area contributed by atoms with E-state index in [0.717, 1.165) is 23.6 Å². The van der Waals surface area contributed by atoms with Crippen molar-refractivity contribution in [3.63, 3.8) is 0 Å². The fourth-order valence-electron chi connectivity index (χ4n) is 7.25. The van der Waals surface area contributed by atoms with Gasteiger partial charge in [0, 0.05) is 38.5 Å². The molecule has 0 aromatic heterocycles. The van der Waals surface area contributed by atoms with E-state index in [1.807, 2.05) is 0 Å². The lowest BCUT2D eigenvalue weighted by Crippen LogP contribution is -2.64. The molecule has 0 unspecified atom stereocenters. The largest absolute Gasteiger partial charge is 0.508 e. The number of aliphatic hydroxyl groups excluding tert-OH is 7. The van der Waals surface area contributed by atoms with E-state index in [-0.39, 0.29) is 24.5 Å². The maximum Gasteiger partial charge on any atom is 0.248 e. The summed E-state index contributed by atoms with van der Waals surface area (Å²) in [6.07, 6.45) is -14.7. The van der Waals surface area contributed by atoms with Crippen LogP contribution < -0.4 is 27.0 Å². The number of amides is 6. The van der Waals surface area contributed by atoms with Crippen molar-refractivity contribution in [2.75, 3.05) is 19.7 Å². The molecule has 0 bridgehead atoms. The monoisotopic (exact) mass is 825 g/mol. The minimum atomic E-state index is -2.23. The average molecular weight is 826 g/mol. The Morgan fingerprint density at radius 2 is 1.31 bits per heavy atom. The Kier molecular flexibility index (Phi) is 15.5. The summed E-state index contributed by atoms with van der Waals surface area (Å²) in [7, 11) is 0. The molecule has 15 atom stereocenters. The fraction of sp³-hybridized carbons (Fsp3) is 0.667. The smallest absolute Gasteiger partial charge is 0.248 e. The lowest BCUT2D eigenvalue weighted by Gasteiger charge is -2.34.